The standard InChI is InChI=1S/C7H11O10P/c8-4(9)7(5(10)11,6(12)13)2-1-3-17-18(14,15)16/h1-3H2,(H,8,9)(H,10,11)(H,12,13)(H2,14,15,16). The first-order valence-electron chi connectivity index (χ1n) is 4.44. The van der Waals surface area contributed by atoms with Crippen molar-refractivity contribution in [3.63, 3.8) is 0 Å². The molecule has 0 heterocycles. The van der Waals surface area contributed by atoms with Crippen LogP contribution >= 0.6 is 7.82 Å². The van der Waals surface area contributed by atoms with Gasteiger partial charge >= 0.3 is 25.7 Å². The van der Waals surface area contributed by atoms with Crippen molar-refractivity contribution in [3.05, 3.63) is 0 Å². The Morgan fingerprint density at radius 1 is 1.00 bits per heavy atom. The fraction of sp³-hybridized carbons (Fsp3) is 0.571. The van der Waals surface area contributed by atoms with Crippen molar-refractivity contribution >= 4 is 25.7 Å². The summed E-state index contributed by atoms with van der Waals surface area (Å²) < 4.78 is 14.2. The van der Waals surface area contributed by atoms with E-state index in [0.29, 0.717) is 0 Å². The summed E-state index contributed by atoms with van der Waals surface area (Å²) in [6.07, 6.45) is -1.33. The summed E-state index contributed by atoms with van der Waals surface area (Å²) in [7, 11) is -4.76. The third-order valence-electron chi connectivity index (χ3n) is 2.05. The SMILES string of the molecule is O=C(O)C(CCCOP(=O)(O)O)(C(=O)O)C(=O)O. The Labute approximate surface area is 100 Å². The maximum atomic E-state index is 10.7. The Balaban J connectivity index is 4.74. The molecular formula is C7H11O10P. The van der Waals surface area contributed by atoms with Crippen LogP contribution in [-0.2, 0) is 23.5 Å². The van der Waals surface area contributed by atoms with Crippen molar-refractivity contribution in [2.75, 3.05) is 6.61 Å². The Morgan fingerprint density at radius 2 is 1.39 bits per heavy atom. The van der Waals surface area contributed by atoms with E-state index in [-0.39, 0.29) is 0 Å². The molecule has 0 rings (SSSR count). The largest absolute Gasteiger partial charge is 0.480 e. The van der Waals surface area contributed by atoms with E-state index < -0.39 is 50.6 Å². The molecule has 11 heteroatoms. The van der Waals surface area contributed by atoms with Gasteiger partial charge in [-0.25, -0.2) is 4.57 Å². The molecule has 18 heavy (non-hydrogen) atoms. The molecule has 0 aliphatic carbocycles. The Hall–Kier alpha value is -1.48. The van der Waals surface area contributed by atoms with Gasteiger partial charge in [-0.3, -0.25) is 18.9 Å². The van der Waals surface area contributed by atoms with Gasteiger partial charge in [0.05, 0.1) is 6.61 Å². The van der Waals surface area contributed by atoms with Gasteiger partial charge in [0, 0.05) is 0 Å². The van der Waals surface area contributed by atoms with Gasteiger partial charge in [0.1, 0.15) is 0 Å². The Bertz CT molecular complexity index is 359. The topological polar surface area (TPSA) is 179 Å². The molecule has 0 fully saturated rings. The predicted octanol–water partition coefficient (Wildman–Crippen LogP) is -0.884. The van der Waals surface area contributed by atoms with E-state index in [2.05, 4.69) is 4.52 Å². The molecule has 0 saturated carbocycles. The first kappa shape index (κ1) is 16.5. The maximum absolute atomic E-state index is 10.7. The van der Waals surface area contributed by atoms with Crippen LogP contribution in [-0.4, -0.2) is 49.6 Å². The smallest absolute Gasteiger partial charge is 0.469 e. The van der Waals surface area contributed by atoms with E-state index in [1.54, 1.807) is 0 Å². The molecule has 0 aliphatic rings. The third-order valence-corrected chi connectivity index (χ3v) is 2.57. The minimum atomic E-state index is -4.76. The average molecular weight is 286 g/mol. The molecule has 0 aliphatic heterocycles. The molecule has 0 spiro atoms. The van der Waals surface area contributed by atoms with Crippen LogP contribution in [0, 0.1) is 5.41 Å². The summed E-state index contributed by atoms with van der Waals surface area (Å²) in [6, 6.07) is 0. The lowest BCUT2D eigenvalue weighted by atomic mass is 9.83. The van der Waals surface area contributed by atoms with Crippen molar-refractivity contribution in [1.29, 1.82) is 0 Å². The quantitative estimate of drug-likeness (QED) is 0.213. The first-order valence-corrected chi connectivity index (χ1v) is 5.97. The number of carboxylic acids is 3. The molecule has 0 unspecified atom stereocenters. The van der Waals surface area contributed by atoms with Crippen molar-refractivity contribution in [2.45, 2.75) is 12.8 Å². The number of carboxylic acid groups (broad SMARTS) is 3. The normalized spacial score (nSPS) is 12.1. The highest BCUT2D eigenvalue weighted by Gasteiger charge is 2.53. The molecule has 0 radical (unpaired) electrons. The van der Waals surface area contributed by atoms with Crippen LogP contribution < -0.4 is 0 Å². The third kappa shape index (κ3) is 4.08. The van der Waals surface area contributed by atoms with Crippen LogP contribution in [0.2, 0.25) is 0 Å². The molecular weight excluding hydrogens is 275 g/mol. The zero-order valence-electron chi connectivity index (χ0n) is 8.85. The molecule has 0 bridgehead atoms. The molecule has 0 saturated heterocycles. The second-order valence-corrected chi connectivity index (χ2v) is 4.49. The van der Waals surface area contributed by atoms with Crippen molar-refractivity contribution in [1.82, 2.24) is 0 Å². The van der Waals surface area contributed by atoms with Gasteiger partial charge in [0.2, 0.25) is 0 Å². The van der Waals surface area contributed by atoms with Crippen LogP contribution in [0.15, 0.2) is 0 Å². The molecule has 0 aromatic heterocycles. The number of phosphoric acid groups is 1. The molecule has 5 N–H and O–H groups in total. The van der Waals surface area contributed by atoms with Crippen LogP contribution in [0.3, 0.4) is 0 Å². The fourth-order valence-electron chi connectivity index (χ4n) is 1.12. The molecule has 10 nitrogen and oxygen atoms in total. The molecule has 0 atom stereocenters. The van der Waals surface area contributed by atoms with Gasteiger partial charge in [0.15, 0.2) is 0 Å². The fourth-order valence-corrected chi connectivity index (χ4v) is 1.48. The van der Waals surface area contributed by atoms with Crippen molar-refractivity contribution in [3.8, 4) is 0 Å². The first-order chi connectivity index (χ1) is 8.04. The molecule has 104 valence electrons. The highest BCUT2D eigenvalue weighted by Crippen LogP contribution is 2.36. The highest BCUT2D eigenvalue weighted by molar-refractivity contribution is 7.46. The van der Waals surface area contributed by atoms with Gasteiger partial charge in [-0.2, -0.15) is 0 Å². The second-order valence-electron chi connectivity index (χ2n) is 3.25. The van der Waals surface area contributed by atoms with E-state index >= 15 is 0 Å². The van der Waals surface area contributed by atoms with Crippen molar-refractivity contribution < 1.29 is 48.6 Å². The second kappa shape index (κ2) is 5.91. The highest BCUT2D eigenvalue weighted by atomic mass is 31.2. The van der Waals surface area contributed by atoms with E-state index in [4.69, 9.17) is 25.1 Å². The summed E-state index contributed by atoms with van der Waals surface area (Å²) in [5.74, 6) is -6.21. The number of carbonyl (C=O) groups is 3. The van der Waals surface area contributed by atoms with E-state index in [1.165, 1.54) is 0 Å². The van der Waals surface area contributed by atoms with Gasteiger partial charge in [-0.05, 0) is 12.8 Å². The molecule has 0 aromatic rings. The van der Waals surface area contributed by atoms with Crippen LogP contribution in [0.25, 0.3) is 0 Å². The predicted molar refractivity (Wildman–Crippen MR) is 52.6 cm³/mol. The van der Waals surface area contributed by atoms with Crippen LogP contribution in [0.1, 0.15) is 12.8 Å². The monoisotopic (exact) mass is 286 g/mol. The van der Waals surface area contributed by atoms with Crippen LogP contribution in [0.4, 0.5) is 0 Å². The minimum Gasteiger partial charge on any atom is -0.480 e. The van der Waals surface area contributed by atoms with E-state index in [1.807, 2.05) is 0 Å². The van der Waals surface area contributed by atoms with Crippen LogP contribution in [0.5, 0.6) is 0 Å². The van der Waals surface area contributed by atoms with Crippen molar-refractivity contribution in [2.24, 2.45) is 5.41 Å². The lowest BCUT2D eigenvalue weighted by Crippen LogP contribution is -2.46. The number of phosphoric ester groups is 1. The summed E-state index contributed by atoms with van der Waals surface area (Å²) in [5, 5.41) is 26.0. The van der Waals surface area contributed by atoms with Gasteiger partial charge < -0.3 is 25.1 Å². The summed E-state index contributed by atoms with van der Waals surface area (Å²) in [4.78, 5) is 48.8. The van der Waals surface area contributed by atoms with Gasteiger partial charge in [-0.1, -0.05) is 0 Å². The lowest BCUT2D eigenvalue weighted by molar-refractivity contribution is -0.176. The zero-order chi connectivity index (χ0) is 14.6. The van der Waals surface area contributed by atoms with Gasteiger partial charge in [-0.15, -0.1) is 0 Å². The minimum absolute atomic E-state index is 0.462. The van der Waals surface area contributed by atoms with E-state index in [9.17, 15) is 18.9 Å². The number of rotatable bonds is 8. The van der Waals surface area contributed by atoms with Gasteiger partial charge in [0.25, 0.3) is 5.41 Å². The Morgan fingerprint density at radius 3 is 1.67 bits per heavy atom. The molecule has 0 aromatic carbocycles. The number of hydrogen-bond donors (Lipinski definition) is 5. The summed E-state index contributed by atoms with van der Waals surface area (Å²) in [6.45, 7) is -0.667. The maximum Gasteiger partial charge on any atom is 0.469 e. The number of aliphatic carboxylic acids is 3. The summed E-state index contributed by atoms with van der Waals surface area (Å²) in [5.41, 5.74) is -3.06. The Kier molecular flexibility index (Phi) is 5.43. The lowest BCUT2D eigenvalue weighted by Gasteiger charge is -2.19. The zero-order valence-corrected chi connectivity index (χ0v) is 9.74. The average Bonchev–Trinajstić information content (AvgIpc) is 2.13. The number of hydrogen-bond acceptors (Lipinski definition) is 5. The van der Waals surface area contributed by atoms with E-state index in [0.717, 1.165) is 0 Å². The molecule has 0 amide bonds. The summed E-state index contributed by atoms with van der Waals surface area (Å²) >= 11 is 0.